The van der Waals surface area contributed by atoms with E-state index in [4.69, 9.17) is 16.3 Å². The summed E-state index contributed by atoms with van der Waals surface area (Å²) in [5.41, 5.74) is 2.19. The Morgan fingerprint density at radius 3 is 2.75 bits per heavy atom. The lowest BCUT2D eigenvalue weighted by atomic mass is 10.1. The summed E-state index contributed by atoms with van der Waals surface area (Å²) in [5, 5.41) is 4.09. The molecule has 16 heavy (non-hydrogen) atoms. The molecule has 0 atom stereocenters. The molecule has 1 rings (SSSR count). The molecular weight excluding hydrogens is 242 g/mol. The van der Waals surface area contributed by atoms with Crippen molar-refractivity contribution in [2.24, 2.45) is 0 Å². The molecule has 0 radical (unpaired) electrons. The molecule has 1 N–H and O–H groups in total. The van der Waals surface area contributed by atoms with Gasteiger partial charge in [-0.1, -0.05) is 11.6 Å². The third-order valence-electron chi connectivity index (χ3n) is 2.42. The van der Waals surface area contributed by atoms with Crippen LogP contribution in [-0.4, -0.2) is 26.0 Å². The van der Waals surface area contributed by atoms with Gasteiger partial charge in [-0.15, -0.1) is 0 Å². The molecule has 0 bridgehead atoms. The number of halogens is 1. The molecule has 0 heterocycles. The molecule has 0 aliphatic heterocycles. The van der Waals surface area contributed by atoms with Gasteiger partial charge < -0.3 is 10.1 Å². The largest absolute Gasteiger partial charge is 0.496 e. The molecule has 0 saturated carbocycles. The minimum absolute atomic E-state index is 0.796. The standard InChI is InChI=1S/C12H18ClNOS/c1-9-7-12(15-2)10(8-11(9)13)3-4-14-5-6-16/h7-8,14,16H,3-6H2,1-2H3. The lowest BCUT2D eigenvalue weighted by Crippen LogP contribution is -2.19. The molecule has 0 aromatic heterocycles. The summed E-state index contributed by atoms with van der Waals surface area (Å²) in [6.45, 7) is 3.81. The first kappa shape index (κ1) is 13.7. The smallest absolute Gasteiger partial charge is 0.122 e. The average molecular weight is 260 g/mol. The second-order valence-electron chi connectivity index (χ2n) is 3.64. The Morgan fingerprint density at radius 2 is 2.12 bits per heavy atom. The van der Waals surface area contributed by atoms with Gasteiger partial charge in [-0.3, -0.25) is 0 Å². The van der Waals surface area contributed by atoms with Crippen molar-refractivity contribution in [2.75, 3.05) is 26.0 Å². The number of hydrogen-bond acceptors (Lipinski definition) is 3. The van der Waals surface area contributed by atoms with Crippen LogP contribution in [0.1, 0.15) is 11.1 Å². The number of benzene rings is 1. The fourth-order valence-corrected chi connectivity index (χ4v) is 1.85. The third-order valence-corrected chi connectivity index (χ3v) is 3.05. The lowest BCUT2D eigenvalue weighted by molar-refractivity contribution is 0.409. The van der Waals surface area contributed by atoms with Crippen LogP contribution in [0, 0.1) is 6.92 Å². The number of thiol groups is 1. The molecule has 1 aromatic carbocycles. The minimum Gasteiger partial charge on any atom is -0.496 e. The summed E-state index contributed by atoms with van der Waals surface area (Å²) in [5.74, 6) is 1.76. The van der Waals surface area contributed by atoms with E-state index in [1.165, 1.54) is 0 Å². The van der Waals surface area contributed by atoms with Gasteiger partial charge in [-0.25, -0.2) is 0 Å². The van der Waals surface area contributed by atoms with Crippen LogP contribution >= 0.6 is 24.2 Å². The van der Waals surface area contributed by atoms with Crippen LogP contribution in [0.4, 0.5) is 0 Å². The van der Waals surface area contributed by atoms with Crippen LogP contribution in [0.3, 0.4) is 0 Å². The van der Waals surface area contributed by atoms with Crippen molar-refractivity contribution in [2.45, 2.75) is 13.3 Å². The van der Waals surface area contributed by atoms with Crippen LogP contribution in [0.5, 0.6) is 5.75 Å². The quantitative estimate of drug-likeness (QED) is 0.606. The predicted octanol–water partition coefficient (Wildman–Crippen LogP) is 2.72. The molecule has 2 nitrogen and oxygen atoms in total. The van der Waals surface area contributed by atoms with Crippen molar-refractivity contribution in [1.29, 1.82) is 0 Å². The Hall–Kier alpha value is -0.380. The maximum absolute atomic E-state index is 6.09. The maximum Gasteiger partial charge on any atom is 0.122 e. The van der Waals surface area contributed by atoms with E-state index in [9.17, 15) is 0 Å². The van der Waals surface area contributed by atoms with Crippen LogP contribution < -0.4 is 10.1 Å². The summed E-state index contributed by atoms with van der Waals surface area (Å²) in [6.07, 6.45) is 0.914. The highest BCUT2D eigenvalue weighted by atomic mass is 35.5. The van der Waals surface area contributed by atoms with Crippen LogP contribution in [0.15, 0.2) is 12.1 Å². The normalized spacial score (nSPS) is 10.5. The summed E-state index contributed by atoms with van der Waals surface area (Å²) in [7, 11) is 1.69. The van der Waals surface area contributed by atoms with Crippen LogP contribution in [0.25, 0.3) is 0 Å². The van der Waals surface area contributed by atoms with Gasteiger partial charge in [0.1, 0.15) is 5.75 Å². The first-order chi connectivity index (χ1) is 7.69. The van der Waals surface area contributed by atoms with Gasteiger partial charge in [0.2, 0.25) is 0 Å². The van der Waals surface area contributed by atoms with Gasteiger partial charge in [0.25, 0.3) is 0 Å². The molecule has 0 aliphatic rings. The van der Waals surface area contributed by atoms with E-state index < -0.39 is 0 Å². The Morgan fingerprint density at radius 1 is 1.38 bits per heavy atom. The van der Waals surface area contributed by atoms with E-state index in [1.54, 1.807) is 7.11 Å². The zero-order valence-corrected chi connectivity index (χ0v) is 11.4. The second kappa shape index (κ2) is 7.05. The Kier molecular flexibility index (Phi) is 6.03. The number of hydrogen-bond donors (Lipinski definition) is 2. The number of methoxy groups -OCH3 is 1. The molecule has 0 fully saturated rings. The molecule has 90 valence electrons. The van der Waals surface area contributed by atoms with Crippen molar-refractivity contribution in [3.05, 3.63) is 28.3 Å². The van der Waals surface area contributed by atoms with Gasteiger partial charge in [-0.2, -0.15) is 12.6 Å². The highest BCUT2D eigenvalue weighted by Crippen LogP contribution is 2.26. The number of rotatable bonds is 6. The summed E-state index contributed by atoms with van der Waals surface area (Å²) >= 11 is 10.2. The highest BCUT2D eigenvalue weighted by Gasteiger charge is 2.06. The second-order valence-corrected chi connectivity index (χ2v) is 4.49. The first-order valence-corrected chi connectivity index (χ1v) is 6.34. The van der Waals surface area contributed by atoms with E-state index in [0.717, 1.165) is 47.2 Å². The molecule has 0 amide bonds. The molecule has 1 aromatic rings. The fraction of sp³-hybridized carbons (Fsp3) is 0.500. The Labute approximate surface area is 108 Å². The van der Waals surface area contributed by atoms with E-state index in [2.05, 4.69) is 17.9 Å². The van der Waals surface area contributed by atoms with E-state index in [1.807, 2.05) is 19.1 Å². The summed E-state index contributed by atoms with van der Waals surface area (Å²) in [4.78, 5) is 0. The van der Waals surface area contributed by atoms with Crippen molar-refractivity contribution < 1.29 is 4.74 Å². The maximum atomic E-state index is 6.09. The fourth-order valence-electron chi connectivity index (χ4n) is 1.51. The zero-order valence-electron chi connectivity index (χ0n) is 9.72. The number of aryl methyl sites for hydroxylation is 1. The van der Waals surface area contributed by atoms with E-state index in [-0.39, 0.29) is 0 Å². The summed E-state index contributed by atoms with van der Waals surface area (Å²) in [6, 6.07) is 3.97. The van der Waals surface area contributed by atoms with Gasteiger partial charge >= 0.3 is 0 Å². The molecule has 4 heteroatoms. The third kappa shape index (κ3) is 3.89. The molecular formula is C12H18ClNOS. The predicted molar refractivity (Wildman–Crippen MR) is 73.2 cm³/mol. The van der Waals surface area contributed by atoms with E-state index >= 15 is 0 Å². The zero-order chi connectivity index (χ0) is 12.0. The lowest BCUT2D eigenvalue weighted by Gasteiger charge is -2.11. The van der Waals surface area contributed by atoms with Crippen LogP contribution in [-0.2, 0) is 6.42 Å². The molecule has 0 unspecified atom stereocenters. The molecule has 0 saturated heterocycles. The number of nitrogens with one attached hydrogen (secondary N) is 1. The minimum atomic E-state index is 0.796. The first-order valence-electron chi connectivity index (χ1n) is 5.33. The topological polar surface area (TPSA) is 21.3 Å². The number of ether oxygens (including phenoxy) is 1. The Bertz CT molecular complexity index is 344. The Balaban J connectivity index is 2.66. The van der Waals surface area contributed by atoms with Gasteiger partial charge in [0.05, 0.1) is 7.11 Å². The monoisotopic (exact) mass is 259 g/mol. The SMILES string of the molecule is COc1cc(C)c(Cl)cc1CCNCCS. The van der Waals surface area contributed by atoms with E-state index in [0.29, 0.717) is 0 Å². The van der Waals surface area contributed by atoms with Gasteiger partial charge in [-0.05, 0) is 43.1 Å². The highest BCUT2D eigenvalue weighted by molar-refractivity contribution is 7.80. The summed E-state index contributed by atoms with van der Waals surface area (Å²) < 4.78 is 5.34. The van der Waals surface area contributed by atoms with Crippen LogP contribution in [0.2, 0.25) is 5.02 Å². The van der Waals surface area contributed by atoms with Gasteiger partial charge in [0.15, 0.2) is 0 Å². The van der Waals surface area contributed by atoms with Gasteiger partial charge in [0, 0.05) is 17.3 Å². The average Bonchev–Trinajstić information content (AvgIpc) is 2.28. The van der Waals surface area contributed by atoms with Crippen molar-refractivity contribution in [3.63, 3.8) is 0 Å². The van der Waals surface area contributed by atoms with Crippen molar-refractivity contribution in [1.82, 2.24) is 5.32 Å². The van der Waals surface area contributed by atoms with Crippen molar-refractivity contribution >= 4 is 24.2 Å². The molecule has 0 aliphatic carbocycles. The van der Waals surface area contributed by atoms with Crippen molar-refractivity contribution in [3.8, 4) is 5.75 Å². The molecule has 0 spiro atoms.